The van der Waals surface area contributed by atoms with Crippen LogP contribution in [0.4, 0.5) is 0 Å². The maximum atomic E-state index is 11.0. The number of carbonyl (C=O) groups is 1. The molecular formula is C12H12FeO4. The van der Waals surface area contributed by atoms with Crippen LogP contribution in [-0.2, 0) is 35.8 Å². The van der Waals surface area contributed by atoms with Crippen molar-refractivity contribution in [2.45, 2.75) is 26.2 Å². The first kappa shape index (κ1) is 24.9. The van der Waals surface area contributed by atoms with E-state index in [2.05, 4.69) is 26.5 Å². The van der Waals surface area contributed by atoms with E-state index in [1.807, 2.05) is 13.0 Å². The second-order valence-electron chi connectivity index (χ2n) is 2.79. The number of ketones is 1. The van der Waals surface area contributed by atoms with Gasteiger partial charge in [-0.05, 0) is 25.3 Å². The molecule has 0 aromatic rings. The van der Waals surface area contributed by atoms with Gasteiger partial charge in [0, 0.05) is 23.5 Å². The van der Waals surface area contributed by atoms with E-state index >= 15 is 0 Å². The summed E-state index contributed by atoms with van der Waals surface area (Å²) in [6.45, 7) is 19.1. The Morgan fingerprint density at radius 1 is 1.18 bits per heavy atom. The fourth-order valence-corrected chi connectivity index (χ4v) is 1.19. The first-order valence-electron chi connectivity index (χ1n) is 4.20. The van der Waals surface area contributed by atoms with Gasteiger partial charge in [-0.1, -0.05) is 18.2 Å². The molecule has 1 aliphatic rings. The van der Waals surface area contributed by atoms with Crippen molar-refractivity contribution in [2.75, 3.05) is 0 Å². The van der Waals surface area contributed by atoms with E-state index in [-0.39, 0.29) is 17.1 Å². The van der Waals surface area contributed by atoms with E-state index in [1.165, 1.54) is 0 Å². The first-order valence-corrected chi connectivity index (χ1v) is 4.20. The summed E-state index contributed by atoms with van der Waals surface area (Å²) < 4.78 is 22.5. The van der Waals surface area contributed by atoms with Crippen LogP contribution in [0.1, 0.15) is 26.2 Å². The average molecular weight is 276 g/mol. The number of rotatable bonds is 1. The molecule has 1 aliphatic carbocycles. The topological polar surface area (TPSA) is 76.8 Å². The summed E-state index contributed by atoms with van der Waals surface area (Å²) in [4.78, 5) is 11.0. The van der Waals surface area contributed by atoms with E-state index in [4.69, 9.17) is 14.0 Å². The number of allylic oxidation sites excluding steroid dienone is 3. The van der Waals surface area contributed by atoms with Gasteiger partial charge in [0.1, 0.15) is 0 Å². The molecule has 0 unspecified atom stereocenters. The predicted molar refractivity (Wildman–Crippen MR) is 53.5 cm³/mol. The Morgan fingerprint density at radius 2 is 1.59 bits per heavy atom. The second-order valence-corrected chi connectivity index (χ2v) is 2.79. The minimum Gasteiger partial charge on any atom is 0 e. The zero-order valence-electron chi connectivity index (χ0n) is 9.39. The van der Waals surface area contributed by atoms with Gasteiger partial charge >= 0.3 is 33.9 Å². The molecule has 4 nitrogen and oxygen atoms in total. The first-order chi connectivity index (χ1) is 7.70. The predicted octanol–water partition coefficient (Wildman–Crippen LogP) is 2.13. The van der Waals surface area contributed by atoms with Crippen LogP contribution in [0.5, 0.6) is 0 Å². The van der Waals surface area contributed by atoms with Crippen molar-refractivity contribution in [1.29, 1.82) is 0 Å². The van der Waals surface area contributed by atoms with Gasteiger partial charge in [-0.15, -0.1) is 0 Å². The maximum Gasteiger partial charge on any atom is 0 e. The summed E-state index contributed by atoms with van der Waals surface area (Å²) in [6.07, 6.45) is 4.61. The Hall–Kier alpha value is -1.11. The van der Waals surface area contributed by atoms with Crippen LogP contribution in [-0.4, -0.2) is 5.78 Å². The van der Waals surface area contributed by atoms with Crippen molar-refractivity contribution in [3.8, 4) is 0 Å². The van der Waals surface area contributed by atoms with Crippen LogP contribution in [0.15, 0.2) is 23.8 Å². The van der Waals surface area contributed by atoms with E-state index in [0.717, 1.165) is 30.4 Å². The molecule has 0 heterocycles. The standard InChI is InChI=1S/C9H12O.3CO.Fe/c1-7(2)6-8-4-3-5-9(8)10;3*1-2;/h6H,1,3-5H2,2H3;;;;. The Labute approximate surface area is 112 Å². The van der Waals surface area contributed by atoms with Gasteiger partial charge in [-0.3, -0.25) is 4.79 Å². The van der Waals surface area contributed by atoms with E-state index < -0.39 is 0 Å². The van der Waals surface area contributed by atoms with Crippen molar-refractivity contribution < 1.29 is 35.8 Å². The van der Waals surface area contributed by atoms with E-state index in [9.17, 15) is 4.79 Å². The van der Waals surface area contributed by atoms with Gasteiger partial charge in [0.25, 0.3) is 0 Å². The van der Waals surface area contributed by atoms with Gasteiger partial charge in [-0.2, -0.15) is 0 Å². The van der Waals surface area contributed by atoms with Crippen molar-refractivity contribution in [3.63, 3.8) is 0 Å². The number of hydrogen-bond donors (Lipinski definition) is 0. The van der Waals surface area contributed by atoms with Crippen molar-refractivity contribution in [2.24, 2.45) is 0 Å². The Bertz CT molecular complexity index is 296. The summed E-state index contributed by atoms with van der Waals surface area (Å²) >= 11 is 0. The molecule has 17 heavy (non-hydrogen) atoms. The smallest absolute Gasteiger partial charge is 0 e. The van der Waals surface area contributed by atoms with E-state index in [0.29, 0.717) is 5.78 Å². The van der Waals surface area contributed by atoms with Crippen LogP contribution < -0.4 is 0 Å². The third kappa shape index (κ3) is 14.9. The van der Waals surface area contributed by atoms with Crippen LogP contribution in [0.3, 0.4) is 0 Å². The largest absolute Gasteiger partial charge is 0 e. The van der Waals surface area contributed by atoms with Gasteiger partial charge in [0.05, 0.1) is 0 Å². The zero-order valence-corrected chi connectivity index (χ0v) is 10.5. The van der Waals surface area contributed by atoms with Gasteiger partial charge in [0.15, 0.2) is 5.78 Å². The van der Waals surface area contributed by atoms with E-state index in [1.54, 1.807) is 0 Å². The summed E-state index contributed by atoms with van der Waals surface area (Å²) in [7, 11) is 0. The Morgan fingerprint density at radius 3 is 1.82 bits per heavy atom. The third-order valence-electron chi connectivity index (χ3n) is 1.63. The fourth-order valence-electron chi connectivity index (χ4n) is 1.19. The van der Waals surface area contributed by atoms with Crippen LogP contribution >= 0.6 is 0 Å². The molecule has 1 saturated carbocycles. The molecule has 0 radical (unpaired) electrons. The number of Topliss-reactive ketones (excluding diaryl/α,β-unsaturated/α-hetero) is 1. The molecule has 0 atom stereocenters. The van der Waals surface area contributed by atoms with Gasteiger partial charge < -0.3 is 0 Å². The number of carbonyl (C=O) groups excluding carboxylic acids is 1. The Balaban J connectivity index is -0.000000106. The SMILES string of the molecule is C=C(C)C=C1CCCC1=O.[C-]#[O+].[C-]#[O+].[C-]#[O+].[Fe]. The molecule has 0 aromatic heterocycles. The van der Waals surface area contributed by atoms with Crippen LogP contribution in [0.2, 0.25) is 0 Å². The molecule has 1 rings (SSSR count). The van der Waals surface area contributed by atoms with Crippen molar-refractivity contribution >= 4 is 5.78 Å². The average Bonchev–Trinajstić information content (AvgIpc) is 2.72. The van der Waals surface area contributed by atoms with Gasteiger partial charge in [0.2, 0.25) is 0 Å². The molecular weight excluding hydrogens is 264 g/mol. The summed E-state index contributed by atoms with van der Waals surface area (Å²) in [6, 6.07) is 0. The van der Waals surface area contributed by atoms with Gasteiger partial charge in [-0.25, -0.2) is 0 Å². The number of hydrogen-bond acceptors (Lipinski definition) is 1. The Kier molecular flexibility index (Phi) is 29.8. The fraction of sp³-hybridized carbons (Fsp3) is 0.333. The summed E-state index contributed by atoms with van der Waals surface area (Å²) in [5.74, 6) is 0.308. The molecule has 1 fully saturated rings. The molecule has 0 bridgehead atoms. The monoisotopic (exact) mass is 276 g/mol. The van der Waals surface area contributed by atoms with Crippen LogP contribution in [0, 0.1) is 20.0 Å². The van der Waals surface area contributed by atoms with Crippen molar-refractivity contribution in [1.82, 2.24) is 0 Å². The second kappa shape index (κ2) is 20.3. The quantitative estimate of drug-likeness (QED) is 0.313. The van der Waals surface area contributed by atoms with Crippen molar-refractivity contribution in [3.05, 3.63) is 43.8 Å². The zero-order chi connectivity index (χ0) is 13.6. The molecule has 0 saturated heterocycles. The minimum atomic E-state index is 0. The summed E-state index contributed by atoms with van der Waals surface area (Å²) in [5.41, 5.74) is 1.94. The molecule has 5 heteroatoms. The molecule has 0 amide bonds. The summed E-state index contributed by atoms with van der Waals surface area (Å²) in [5, 5.41) is 0. The molecule has 0 aromatic carbocycles. The molecule has 92 valence electrons. The molecule has 0 spiro atoms. The molecule has 0 N–H and O–H groups in total. The normalized spacial score (nSPS) is 13.4. The maximum absolute atomic E-state index is 11.0. The minimum absolute atomic E-state index is 0. The van der Waals surface area contributed by atoms with Crippen LogP contribution in [0.25, 0.3) is 0 Å². The molecule has 0 aliphatic heterocycles. The third-order valence-corrected chi connectivity index (χ3v) is 1.63.